The van der Waals surface area contributed by atoms with Crippen LogP contribution in [0.25, 0.3) is 0 Å². The zero-order valence-corrected chi connectivity index (χ0v) is 17.4. The molecule has 7 nitrogen and oxygen atoms in total. The summed E-state index contributed by atoms with van der Waals surface area (Å²) in [4.78, 5) is 12.3. The molecular formula is C19H24N2O5S2. The van der Waals surface area contributed by atoms with Crippen LogP contribution in [0.3, 0.4) is 0 Å². The molecule has 9 heteroatoms. The van der Waals surface area contributed by atoms with Crippen molar-refractivity contribution in [2.24, 2.45) is 0 Å². The van der Waals surface area contributed by atoms with Gasteiger partial charge in [-0.1, -0.05) is 43.3 Å². The Morgan fingerprint density at radius 3 is 2.32 bits per heavy atom. The molecule has 0 heterocycles. The lowest BCUT2D eigenvalue weighted by Crippen LogP contribution is -2.30. The van der Waals surface area contributed by atoms with E-state index in [4.69, 9.17) is 0 Å². The molecule has 0 atom stereocenters. The Kier molecular flexibility index (Phi) is 7.34. The van der Waals surface area contributed by atoms with Crippen LogP contribution >= 0.6 is 0 Å². The molecule has 2 rings (SSSR count). The van der Waals surface area contributed by atoms with Crippen molar-refractivity contribution in [3.8, 4) is 0 Å². The molecule has 0 unspecified atom stereocenters. The Labute approximate surface area is 166 Å². The summed E-state index contributed by atoms with van der Waals surface area (Å²) in [5.41, 5.74) is 1.60. The first-order chi connectivity index (χ1) is 13.1. The highest BCUT2D eigenvalue weighted by Gasteiger charge is 2.18. The zero-order chi connectivity index (χ0) is 20.8. The van der Waals surface area contributed by atoms with Crippen LogP contribution in [0.2, 0.25) is 0 Å². The molecular weight excluding hydrogens is 400 g/mol. The number of sulfonamides is 1. The van der Waals surface area contributed by atoms with Gasteiger partial charge in [-0.3, -0.25) is 4.79 Å². The van der Waals surface area contributed by atoms with Gasteiger partial charge in [0.1, 0.15) is 0 Å². The first kappa shape index (κ1) is 22.1. The van der Waals surface area contributed by atoms with Gasteiger partial charge < -0.3 is 5.32 Å². The van der Waals surface area contributed by atoms with Gasteiger partial charge in [0, 0.05) is 24.4 Å². The minimum absolute atomic E-state index is 0.00269. The molecule has 0 saturated carbocycles. The minimum Gasteiger partial charge on any atom is -0.351 e. The van der Waals surface area contributed by atoms with Crippen molar-refractivity contribution in [2.75, 3.05) is 18.1 Å². The highest BCUT2D eigenvalue weighted by atomic mass is 32.2. The Morgan fingerprint density at radius 2 is 1.68 bits per heavy atom. The minimum atomic E-state index is -3.80. The second-order valence-corrected chi connectivity index (χ2v) is 10.5. The highest BCUT2D eigenvalue weighted by molar-refractivity contribution is 7.91. The van der Waals surface area contributed by atoms with Crippen molar-refractivity contribution in [1.29, 1.82) is 0 Å². The third-order valence-electron chi connectivity index (χ3n) is 4.21. The van der Waals surface area contributed by atoms with Crippen molar-refractivity contribution < 1.29 is 21.6 Å². The van der Waals surface area contributed by atoms with Gasteiger partial charge in [0.25, 0.3) is 5.91 Å². The van der Waals surface area contributed by atoms with E-state index in [0.29, 0.717) is 5.56 Å². The van der Waals surface area contributed by atoms with E-state index in [1.54, 1.807) is 25.1 Å². The fraction of sp³-hybridized carbons (Fsp3) is 0.316. The monoisotopic (exact) mass is 424 g/mol. The summed E-state index contributed by atoms with van der Waals surface area (Å²) < 4.78 is 50.7. The molecule has 2 aromatic carbocycles. The summed E-state index contributed by atoms with van der Waals surface area (Å²) in [7, 11) is -7.00. The largest absolute Gasteiger partial charge is 0.351 e. The van der Waals surface area contributed by atoms with E-state index in [-0.39, 0.29) is 35.1 Å². The van der Waals surface area contributed by atoms with E-state index in [9.17, 15) is 21.6 Å². The molecule has 2 aromatic rings. The fourth-order valence-electron chi connectivity index (χ4n) is 2.43. The Hall–Kier alpha value is -2.23. The quantitative estimate of drug-likeness (QED) is 0.636. The number of aryl methyl sites for hydroxylation is 1. The van der Waals surface area contributed by atoms with Crippen LogP contribution in [0.15, 0.2) is 53.4 Å². The number of benzene rings is 2. The smallest absolute Gasteiger partial charge is 0.251 e. The molecule has 0 aliphatic rings. The SMILES string of the molecule is CCS(=O)(=O)CCNC(=O)c1cc(S(=O)(=O)NCc2ccccc2)ccc1C. The van der Waals surface area contributed by atoms with Crippen molar-refractivity contribution in [1.82, 2.24) is 10.0 Å². The third kappa shape index (κ3) is 6.15. The molecule has 152 valence electrons. The van der Waals surface area contributed by atoms with Gasteiger partial charge in [0.15, 0.2) is 9.84 Å². The molecule has 0 spiro atoms. The van der Waals surface area contributed by atoms with Gasteiger partial charge in [-0.05, 0) is 30.2 Å². The van der Waals surface area contributed by atoms with Crippen LogP contribution in [-0.2, 0) is 26.4 Å². The first-order valence-corrected chi connectivity index (χ1v) is 12.1. The summed E-state index contributed by atoms with van der Waals surface area (Å²) in [6, 6.07) is 13.4. The fourth-order valence-corrected chi connectivity index (χ4v) is 4.18. The van der Waals surface area contributed by atoms with Crippen LogP contribution < -0.4 is 10.0 Å². The van der Waals surface area contributed by atoms with Gasteiger partial charge in [0.05, 0.1) is 10.6 Å². The lowest BCUT2D eigenvalue weighted by molar-refractivity contribution is 0.0955. The second-order valence-electron chi connectivity index (χ2n) is 6.28. The Bertz CT molecular complexity index is 1030. The molecule has 0 aliphatic heterocycles. The van der Waals surface area contributed by atoms with E-state index in [1.807, 2.05) is 18.2 Å². The number of sulfone groups is 1. The van der Waals surface area contributed by atoms with E-state index in [1.165, 1.54) is 19.1 Å². The number of hydrogen-bond donors (Lipinski definition) is 2. The zero-order valence-electron chi connectivity index (χ0n) is 15.8. The first-order valence-electron chi connectivity index (χ1n) is 8.77. The summed E-state index contributed by atoms with van der Waals surface area (Å²) in [5, 5.41) is 2.53. The van der Waals surface area contributed by atoms with Gasteiger partial charge in [-0.25, -0.2) is 21.6 Å². The summed E-state index contributed by atoms with van der Waals surface area (Å²) in [6.07, 6.45) is 0. The van der Waals surface area contributed by atoms with E-state index >= 15 is 0 Å². The Balaban J connectivity index is 2.11. The topological polar surface area (TPSA) is 109 Å². The van der Waals surface area contributed by atoms with Crippen LogP contribution in [0.1, 0.15) is 28.4 Å². The highest BCUT2D eigenvalue weighted by Crippen LogP contribution is 2.16. The van der Waals surface area contributed by atoms with Gasteiger partial charge in [-0.15, -0.1) is 0 Å². The molecule has 0 bridgehead atoms. The van der Waals surface area contributed by atoms with Crippen molar-refractivity contribution in [2.45, 2.75) is 25.3 Å². The lowest BCUT2D eigenvalue weighted by atomic mass is 10.1. The lowest BCUT2D eigenvalue weighted by Gasteiger charge is -2.11. The van der Waals surface area contributed by atoms with Crippen molar-refractivity contribution in [3.63, 3.8) is 0 Å². The number of carbonyl (C=O) groups is 1. The standard InChI is InChI=1S/C19H24N2O5S2/c1-3-27(23,24)12-11-20-19(22)18-13-17(10-9-15(18)2)28(25,26)21-14-16-7-5-4-6-8-16/h4-10,13,21H,3,11-12,14H2,1-2H3,(H,20,22). The Morgan fingerprint density at radius 1 is 1.00 bits per heavy atom. The normalized spacial score (nSPS) is 11.9. The van der Waals surface area contributed by atoms with E-state index in [0.717, 1.165) is 5.56 Å². The molecule has 1 amide bonds. The third-order valence-corrected chi connectivity index (χ3v) is 7.32. The summed E-state index contributed by atoms with van der Waals surface area (Å²) >= 11 is 0. The average Bonchev–Trinajstić information content (AvgIpc) is 2.67. The van der Waals surface area contributed by atoms with Gasteiger partial charge >= 0.3 is 0 Å². The van der Waals surface area contributed by atoms with Gasteiger partial charge in [-0.2, -0.15) is 0 Å². The number of rotatable bonds is 9. The molecule has 0 radical (unpaired) electrons. The van der Waals surface area contributed by atoms with Gasteiger partial charge in [0.2, 0.25) is 10.0 Å². The molecule has 0 fully saturated rings. The predicted molar refractivity (Wildman–Crippen MR) is 108 cm³/mol. The molecule has 0 aliphatic carbocycles. The predicted octanol–water partition coefficient (Wildman–Crippen LogP) is 1.64. The molecule has 28 heavy (non-hydrogen) atoms. The average molecular weight is 425 g/mol. The van der Waals surface area contributed by atoms with Crippen LogP contribution in [0, 0.1) is 6.92 Å². The molecule has 0 saturated heterocycles. The summed E-state index contributed by atoms with van der Waals surface area (Å²) in [5.74, 6) is -0.669. The van der Waals surface area contributed by atoms with Crippen molar-refractivity contribution in [3.05, 3.63) is 65.2 Å². The van der Waals surface area contributed by atoms with Crippen LogP contribution in [-0.4, -0.2) is 40.8 Å². The van der Waals surface area contributed by atoms with Crippen LogP contribution in [0.4, 0.5) is 0 Å². The summed E-state index contributed by atoms with van der Waals surface area (Å²) in [6.45, 7) is 3.33. The van der Waals surface area contributed by atoms with E-state index < -0.39 is 25.8 Å². The maximum atomic E-state index is 12.6. The maximum Gasteiger partial charge on any atom is 0.251 e. The van der Waals surface area contributed by atoms with E-state index in [2.05, 4.69) is 10.0 Å². The second kappa shape index (κ2) is 9.31. The molecule has 0 aromatic heterocycles. The number of hydrogen-bond acceptors (Lipinski definition) is 5. The number of carbonyl (C=O) groups excluding carboxylic acids is 1. The van der Waals surface area contributed by atoms with Crippen LogP contribution in [0.5, 0.6) is 0 Å². The molecule has 2 N–H and O–H groups in total. The number of nitrogens with one attached hydrogen (secondary N) is 2. The van der Waals surface area contributed by atoms with Crippen molar-refractivity contribution >= 4 is 25.8 Å². The maximum absolute atomic E-state index is 12.6. The number of amides is 1.